The zero-order valence-electron chi connectivity index (χ0n) is 8.24. The molecular weight excluding hydrogens is 180 g/mol. The first-order chi connectivity index (χ1) is 6.70. The van der Waals surface area contributed by atoms with Crippen molar-refractivity contribution >= 4 is 5.78 Å². The minimum absolute atomic E-state index is 0.0246. The molecule has 3 heteroatoms. The third-order valence-electron chi connectivity index (χ3n) is 2.29. The molecule has 0 aromatic heterocycles. The quantitative estimate of drug-likeness (QED) is 0.683. The van der Waals surface area contributed by atoms with Gasteiger partial charge in [0.15, 0.2) is 5.78 Å². The van der Waals surface area contributed by atoms with E-state index < -0.39 is 0 Å². The standard InChI is InChI=1S/C11H12O3/c1-7-5-10(12)9-6-8(13-2)3-4-11(9)14-7/h3-4,6-7H,5H2,1-2H3. The van der Waals surface area contributed by atoms with Crippen molar-refractivity contribution in [2.75, 3.05) is 7.11 Å². The summed E-state index contributed by atoms with van der Waals surface area (Å²) < 4.78 is 10.6. The number of ketones is 1. The number of fused-ring (bicyclic) bond motifs is 1. The smallest absolute Gasteiger partial charge is 0.170 e. The number of carbonyl (C=O) groups is 1. The maximum absolute atomic E-state index is 11.6. The first kappa shape index (κ1) is 9.06. The van der Waals surface area contributed by atoms with Gasteiger partial charge in [0.2, 0.25) is 0 Å². The van der Waals surface area contributed by atoms with E-state index in [1.54, 1.807) is 25.3 Å². The Labute approximate surface area is 82.6 Å². The Bertz CT molecular complexity index is 371. The molecule has 1 unspecified atom stereocenters. The highest BCUT2D eigenvalue weighted by molar-refractivity contribution is 6.00. The van der Waals surface area contributed by atoms with Crippen LogP contribution in [0.4, 0.5) is 0 Å². The Kier molecular flexibility index (Phi) is 2.15. The average Bonchev–Trinajstić information content (AvgIpc) is 2.17. The summed E-state index contributed by atoms with van der Waals surface area (Å²) in [6, 6.07) is 5.30. The Morgan fingerprint density at radius 1 is 1.50 bits per heavy atom. The van der Waals surface area contributed by atoms with Gasteiger partial charge in [0.1, 0.15) is 17.6 Å². The van der Waals surface area contributed by atoms with E-state index in [1.165, 1.54) is 0 Å². The predicted octanol–water partition coefficient (Wildman–Crippen LogP) is 2.05. The third kappa shape index (κ3) is 1.45. The Morgan fingerprint density at radius 2 is 2.29 bits per heavy atom. The number of rotatable bonds is 1. The number of carbonyl (C=O) groups excluding carboxylic acids is 1. The first-order valence-corrected chi connectivity index (χ1v) is 4.58. The molecule has 0 N–H and O–H groups in total. The van der Waals surface area contributed by atoms with Crippen LogP contribution in [0.15, 0.2) is 18.2 Å². The Hall–Kier alpha value is -1.51. The van der Waals surface area contributed by atoms with Crippen molar-refractivity contribution in [3.8, 4) is 11.5 Å². The zero-order valence-corrected chi connectivity index (χ0v) is 8.24. The van der Waals surface area contributed by atoms with Crippen LogP contribution in [0.5, 0.6) is 11.5 Å². The second-order valence-corrected chi connectivity index (χ2v) is 3.42. The van der Waals surface area contributed by atoms with Crippen molar-refractivity contribution in [2.45, 2.75) is 19.4 Å². The van der Waals surface area contributed by atoms with Gasteiger partial charge in [-0.2, -0.15) is 0 Å². The van der Waals surface area contributed by atoms with E-state index in [4.69, 9.17) is 9.47 Å². The van der Waals surface area contributed by atoms with Crippen LogP contribution in [0.3, 0.4) is 0 Å². The number of hydrogen-bond acceptors (Lipinski definition) is 3. The lowest BCUT2D eigenvalue weighted by molar-refractivity contribution is 0.0870. The van der Waals surface area contributed by atoms with Gasteiger partial charge in [0.05, 0.1) is 12.7 Å². The van der Waals surface area contributed by atoms with Crippen LogP contribution in [-0.4, -0.2) is 19.0 Å². The summed E-state index contributed by atoms with van der Waals surface area (Å²) in [5.74, 6) is 1.47. The fraction of sp³-hybridized carbons (Fsp3) is 0.364. The lowest BCUT2D eigenvalue weighted by atomic mass is 10.0. The summed E-state index contributed by atoms with van der Waals surface area (Å²) in [5, 5.41) is 0. The Balaban J connectivity index is 2.44. The molecule has 3 nitrogen and oxygen atoms in total. The van der Waals surface area contributed by atoms with Gasteiger partial charge in [-0.05, 0) is 25.1 Å². The van der Waals surface area contributed by atoms with Crippen molar-refractivity contribution in [1.29, 1.82) is 0 Å². The summed E-state index contributed by atoms with van der Waals surface area (Å²) in [7, 11) is 1.58. The molecule has 0 aliphatic carbocycles. The number of hydrogen-bond donors (Lipinski definition) is 0. The van der Waals surface area contributed by atoms with Gasteiger partial charge in [0, 0.05) is 6.42 Å². The van der Waals surface area contributed by atoms with Gasteiger partial charge >= 0.3 is 0 Å². The van der Waals surface area contributed by atoms with Crippen LogP contribution in [0, 0.1) is 0 Å². The molecule has 0 saturated carbocycles. The molecule has 2 rings (SSSR count). The maximum Gasteiger partial charge on any atom is 0.170 e. The van der Waals surface area contributed by atoms with E-state index in [0.29, 0.717) is 23.5 Å². The van der Waals surface area contributed by atoms with Crippen LogP contribution < -0.4 is 9.47 Å². The van der Waals surface area contributed by atoms with Crippen LogP contribution in [0.2, 0.25) is 0 Å². The SMILES string of the molecule is COc1ccc2c(c1)C(=O)CC(C)O2. The number of Topliss-reactive ketones (excluding diaryl/α,β-unsaturated/α-hetero) is 1. The van der Waals surface area contributed by atoms with Gasteiger partial charge < -0.3 is 9.47 Å². The molecule has 1 aromatic rings. The summed E-state index contributed by atoms with van der Waals surface area (Å²) in [4.78, 5) is 11.6. The topological polar surface area (TPSA) is 35.5 Å². The van der Waals surface area contributed by atoms with Crippen molar-refractivity contribution < 1.29 is 14.3 Å². The minimum atomic E-state index is -0.0246. The van der Waals surface area contributed by atoms with Crippen LogP contribution in [0.1, 0.15) is 23.7 Å². The molecule has 0 fully saturated rings. The van der Waals surface area contributed by atoms with Crippen LogP contribution >= 0.6 is 0 Å². The highest BCUT2D eigenvalue weighted by Gasteiger charge is 2.23. The second kappa shape index (κ2) is 3.33. The molecule has 1 atom stereocenters. The molecule has 0 amide bonds. The van der Waals surface area contributed by atoms with E-state index in [1.807, 2.05) is 6.92 Å². The highest BCUT2D eigenvalue weighted by Crippen LogP contribution is 2.30. The minimum Gasteiger partial charge on any atom is -0.497 e. The summed E-state index contributed by atoms with van der Waals surface area (Å²) in [5.41, 5.74) is 0.627. The van der Waals surface area contributed by atoms with Gasteiger partial charge in [-0.1, -0.05) is 0 Å². The van der Waals surface area contributed by atoms with Gasteiger partial charge in [-0.3, -0.25) is 4.79 Å². The van der Waals surface area contributed by atoms with Crippen molar-refractivity contribution in [2.24, 2.45) is 0 Å². The summed E-state index contributed by atoms with van der Waals surface area (Å²) in [6.07, 6.45) is 0.420. The maximum atomic E-state index is 11.6. The number of methoxy groups -OCH3 is 1. The molecule has 0 spiro atoms. The number of ether oxygens (including phenoxy) is 2. The predicted molar refractivity (Wildman–Crippen MR) is 52.0 cm³/mol. The number of benzene rings is 1. The van der Waals surface area contributed by atoms with Crippen molar-refractivity contribution in [3.63, 3.8) is 0 Å². The molecule has 1 aliphatic heterocycles. The highest BCUT2D eigenvalue weighted by atomic mass is 16.5. The largest absolute Gasteiger partial charge is 0.497 e. The lowest BCUT2D eigenvalue weighted by Gasteiger charge is -2.22. The Morgan fingerprint density at radius 3 is 3.00 bits per heavy atom. The molecule has 0 bridgehead atoms. The van der Waals surface area contributed by atoms with E-state index in [9.17, 15) is 4.79 Å². The molecular formula is C11H12O3. The van der Waals surface area contributed by atoms with E-state index in [2.05, 4.69) is 0 Å². The van der Waals surface area contributed by atoms with Gasteiger partial charge in [0.25, 0.3) is 0 Å². The molecule has 74 valence electrons. The lowest BCUT2D eigenvalue weighted by Crippen LogP contribution is -2.23. The molecule has 1 heterocycles. The molecule has 1 aromatic carbocycles. The van der Waals surface area contributed by atoms with E-state index in [0.717, 1.165) is 0 Å². The molecule has 1 aliphatic rings. The third-order valence-corrected chi connectivity index (χ3v) is 2.29. The zero-order chi connectivity index (χ0) is 10.1. The van der Waals surface area contributed by atoms with Crippen molar-refractivity contribution in [3.05, 3.63) is 23.8 Å². The van der Waals surface area contributed by atoms with Crippen molar-refractivity contribution in [1.82, 2.24) is 0 Å². The molecule has 0 radical (unpaired) electrons. The molecule has 0 saturated heterocycles. The van der Waals surface area contributed by atoms with Crippen LogP contribution in [-0.2, 0) is 0 Å². The fourth-order valence-electron chi connectivity index (χ4n) is 1.59. The summed E-state index contributed by atoms with van der Waals surface area (Å²) in [6.45, 7) is 1.89. The first-order valence-electron chi connectivity index (χ1n) is 4.58. The van der Waals surface area contributed by atoms with Gasteiger partial charge in [-0.15, -0.1) is 0 Å². The van der Waals surface area contributed by atoms with E-state index >= 15 is 0 Å². The normalized spacial score (nSPS) is 19.9. The monoisotopic (exact) mass is 192 g/mol. The van der Waals surface area contributed by atoms with E-state index in [-0.39, 0.29) is 11.9 Å². The molecule has 14 heavy (non-hydrogen) atoms. The fourth-order valence-corrected chi connectivity index (χ4v) is 1.59. The average molecular weight is 192 g/mol. The summed E-state index contributed by atoms with van der Waals surface area (Å²) >= 11 is 0. The second-order valence-electron chi connectivity index (χ2n) is 3.42. The van der Waals surface area contributed by atoms with Crippen LogP contribution in [0.25, 0.3) is 0 Å². The van der Waals surface area contributed by atoms with Gasteiger partial charge in [-0.25, -0.2) is 0 Å².